The van der Waals surface area contributed by atoms with Gasteiger partial charge in [0.2, 0.25) is 0 Å². The molecule has 1 heterocycles. The fourth-order valence-electron chi connectivity index (χ4n) is 1.10. The fraction of sp³-hybridized carbons (Fsp3) is 0.875. The molecule has 1 aliphatic heterocycles. The Hall–Kier alpha value is -0.570. The molecule has 64 valence electrons. The summed E-state index contributed by atoms with van der Waals surface area (Å²) >= 11 is 0. The Bertz CT molecular complexity index is 134. The molecular weight excluding hydrogens is 142 g/mol. The minimum absolute atomic E-state index is 0.299. The quantitative estimate of drug-likeness (QED) is 0.604. The van der Waals surface area contributed by atoms with Crippen LogP contribution >= 0.6 is 0 Å². The molecule has 0 fully saturated rings. The van der Waals surface area contributed by atoms with Crippen LogP contribution in [0.3, 0.4) is 0 Å². The van der Waals surface area contributed by atoms with E-state index in [0.29, 0.717) is 6.61 Å². The van der Waals surface area contributed by atoms with Crippen molar-refractivity contribution in [3.05, 3.63) is 0 Å². The molecule has 0 bridgehead atoms. The molecule has 0 aromatic rings. The Labute approximate surface area is 67.1 Å². The number of hydrogen-bond acceptors (Lipinski definition) is 3. The first-order valence-corrected chi connectivity index (χ1v) is 4.20. The molecule has 0 aromatic carbocycles. The molecule has 0 saturated carbocycles. The highest BCUT2D eigenvalue weighted by atomic mass is 16.5. The van der Waals surface area contributed by atoms with Gasteiger partial charge < -0.3 is 9.84 Å². The van der Waals surface area contributed by atoms with Gasteiger partial charge in [-0.25, -0.2) is 0 Å². The zero-order valence-corrected chi connectivity index (χ0v) is 6.75. The van der Waals surface area contributed by atoms with Crippen LogP contribution in [0.5, 0.6) is 0 Å². The van der Waals surface area contributed by atoms with Crippen LogP contribution in [0.4, 0.5) is 0 Å². The first-order valence-electron chi connectivity index (χ1n) is 4.20. The Kier molecular flexibility index (Phi) is 3.98. The van der Waals surface area contributed by atoms with E-state index in [2.05, 4.69) is 4.99 Å². The molecule has 11 heavy (non-hydrogen) atoms. The average molecular weight is 157 g/mol. The van der Waals surface area contributed by atoms with E-state index < -0.39 is 0 Å². The van der Waals surface area contributed by atoms with Crippen molar-refractivity contribution in [2.24, 2.45) is 4.99 Å². The van der Waals surface area contributed by atoms with Crippen molar-refractivity contribution < 1.29 is 9.84 Å². The second-order valence-corrected chi connectivity index (χ2v) is 2.66. The van der Waals surface area contributed by atoms with Crippen LogP contribution in [-0.2, 0) is 4.74 Å². The van der Waals surface area contributed by atoms with E-state index in [4.69, 9.17) is 9.84 Å². The fourth-order valence-corrected chi connectivity index (χ4v) is 1.10. The smallest absolute Gasteiger partial charge is 0.183 e. The summed E-state index contributed by atoms with van der Waals surface area (Å²) in [6.45, 7) is 1.89. The molecule has 3 heteroatoms. The van der Waals surface area contributed by atoms with Crippen LogP contribution in [0, 0.1) is 0 Å². The number of rotatable bonds is 5. The van der Waals surface area contributed by atoms with Crippen LogP contribution in [0.1, 0.15) is 25.7 Å². The van der Waals surface area contributed by atoms with Crippen molar-refractivity contribution in [1.82, 2.24) is 0 Å². The van der Waals surface area contributed by atoms with E-state index >= 15 is 0 Å². The zero-order chi connectivity index (χ0) is 7.94. The number of ether oxygens (including phenoxy) is 1. The summed E-state index contributed by atoms with van der Waals surface area (Å²) in [7, 11) is 0. The lowest BCUT2D eigenvalue weighted by molar-refractivity contribution is 0.282. The second-order valence-electron chi connectivity index (χ2n) is 2.66. The van der Waals surface area contributed by atoms with Crippen LogP contribution in [0.2, 0.25) is 0 Å². The van der Waals surface area contributed by atoms with E-state index in [1.54, 1.807) is 0 Å². The van der Waals surface area contributed by atoms with E-state index in [1.807, 2.05) is 0 Å². The van der Waals surface area contributed by atoms with Gasteiger partial charge >= 0.3 is 0 Å². The Morgan fingerprint density at radius 3 is 2.91 bits per heavy atom. The van der Waals surface area contributed by atoms with Crippen molar-refractivity contribution in [2.75, 3.05) is 19.8 Å². The van der Waals surface area contributed by atoms with Gasteiger partial charge in [-0.15, -0.1) is 0 Å². The highest BCUT2D eigenvalue weighted by Gasteiger charge is 2.05. The van der Waals surface area contributed by atoms with Gasteiger partial charge in [-0.3, -0.25) is 4.99 Å². The molecule has 0 radical (unpaired) electrons. The van der Waals surface area contributed by atoms with E-state index in [9.17, 15) is 0 Å². The Balaban J connectivity index is 1.94. The molecule has 0 atom stereocenters. The van der Waals surface area contributed by atoms with E-state index in [0.717, 1.165) is 44.7 Å². The lowest BCUT2D eigenvalue weighted by Crippen LogP contribution is -1.98. The first kappa shape index (κ1) is 8.53. The average Bonchev–Trinajstić information content (AvgIpc) is 2.50. The predicted octanol–water partition coefficient (Wildman–Crippen LogP) is 0.968. The number of unbranched alkanes of at least 4 members (excludes halogenated alkanes) is 2. The lowest BCUT2D eigenvalue weighted by atomic mass is 10.2. The Morgan fingerprint density at radius 1 is 1.36 bits per heavy atom. The standard InChI is InChI=1S/C8H15NO2/c10-6-3-1-2-4-8-9-5-7-11-8/h10H,1-7H2. The lowest BCUT2D eigenvalue weighted by Gasteiger charge is -1.99. The molecule has 0 unspecified atom stereocenters. The molecule has 1 aliphatic rings. The number of aliphatic hydroxyl groups is 1. The molecule has 0 spiro atoms. The van der Waals surface area contributed by atoms with Gasteiger partial charge in [0.15, 0.2) is 5.90 Å². The van der Waals surface area contributed by atoms with Gasteiger partial charge in [0, 0.05) is 13.0 Å². The topological polar surface area (TPSA) is 41.8 Å². The third-order valence-corrected chi connectivity index (χ3v) is 1.70. The summed E-state index contributed by atoms with van der Waals surface area (Å²) in [5.41, 5.74) is 0. The summed E-state index contributed by atoms with van der Waals surface area (Å²) < 4.78 is 5.22. The molecule has 0 amide bonds. The zero-order valence-electron chi connectivity index (χ0n) is 6.75. The third kappa shape index (κ3) is 3.37. The van der Waals surface area contributed by atoms with Crippen molar-refractivity contribution in [2.45, 2.75) is 25.7 Å². The van der Waals surface area contributed by atoms with Gasteiger partial charge in [0.1, 0.15) is 6.61 Å². The third-order valence-electron chi connectivity index (χ3n) is 1.70. The van der Waals surface area contributed by atoms with Crippen LogP contribution in [0.15, 0.2) is 4.99 Å². The highest BCUT2D eigenvalue weighted by molar-refractivity contribution is 5.77. The molecule has 1 rings (SSSR count). The van der Waals surface area contributed by atoms with Crippen LogP contribution in [0.25, 0.3) is 0 Å². The minimum Gasteiger partial charge on any atom is -0.479 e. The number of hydrogen-bond donors (Lipinski definition) is 1. The summed E-state index contributed by atoms with van der Waals surface area (Å²) in [4.78, 5) is 4.17. The van der Waals surface area contributed by atoms with Gasteiger partial charge in [0.25, 0.3) is 0 Å². The molecular formula is C8H15NO2. The molecule has 1 N–H and O–H groups in total. The molecule has 0 aliphatic carbocycles. The van der Waals surface area contributed by atoms with Crippen LogP contribution in [-0.4, -0.2) is 30.8 Å². The van der Waals surface area contributed by atoms with Gasteiger partial charge in [-0.05, 0) is 12.8 Å². The maximum absolute atomic E-state index is 8.50. The summed E-state index contributed by atoms with van der Waals surface area (Å²) in [6, 6.07) is 0. The van der Waals surface area contributed by atoms with Crippen molar-refractivity contribution in [3.63, 3.8) is 0 Å². The molecule has 3 nitrogen and oxygen atoms in total. The number of aliphatic hydroxyl groups excluding tert-OH is 1. The monoisotopic (exact) mass is 157 g/mol. The maximum Gasteiger partial charge on any atom is 0.183 e. The first-order chi connectivity index (χ1) is 5.43. The van der Waals surface area contributed by atoms with Gasteiger partial charge in [0.05, 0.1) is 6.54 Å². The van der Waals surface area contributed by atoms with E-state index in [1.165, 1.54) is 0 Å². The maximum atomic E-state index is 8.50. The summed E-state index contributed by atoms with van der Waals surface area (Å²) in [6.07, 6.45) is 3.99. The van der Waals surface area contributed by atoms with Crippen molar-refractivity contribution >= 4 is 5.90 Å². The SMILES string of the molecule is OCCCCCC1=NCCO1. The van der Waals surface area contributed by atoms with Crippen LogP contribution < -0.4 is 0 Å². The minimum atomic E-state index is 0.299. The number of nitrogens with zero attached hydrogens (tertiary/aromatic N) is 1. The summed E-state index contributed by atoms with van der Waals surface area (Å²) in [5.74, 6) is 0.905. The Morgan fingerprint density at radius 2 is 2.27 bits per heavy atom. The van der Waals surface area contributed by atoms with E-state index in [-0.39, 0.29) is 0 Å². The van der Waals surface area contributed by atoms with Crippen molar-refractivity contribution in [3.8, 4) is 0 Å². The number of aliphatic imine (C=N–C) groups is 1. The highest BCUT2D eigenvalue weighted by Crippen LogP contribution is 2.05. The normalized spacial score (nSPS) is 16.3. The van der Waals surface area contributed by atoms with Crippen molar-refractivity contribution in [1.29, 1.82) is 0 Å². The second kappa shape index (κ2) is 5.13. The van der Waals surface area contributed by atoms with Gasteiger partial charge in [-0.2, -0.15) is 0 Å². The predicted molar refractivity (Wildman–Crippen MR) is 43.8 cm³/mol. The van der Waals surface area contributed by atoms with Gasteiger partial charge in [-0.1, -0.05) is 6.42 Å². The summed E-state index contributed by atoms with van der Waals surface area (Å²) in [5, 5.41) is 8.50. The molecule has 0 aromatic heterocycles. The molecule has 0 saturated heterocycles. The largest absolute Gasteiger partial charge is 0.479 e.